The number of ether oxygens (including phenoxy) is 4. The summed E-state index contributed by atoms with van der Waals surface area (Å²) in [6.07, 6.45) is 1.04. The number of nitrogens with one attached hydrogen (secondary N) is 1. The van der Waals surface area contributed by atoms with Crippen LogP contribution in [-0.2, 0) is 19.1 Å². The fourth-order valence-electron chi connectivity index (χ4n) is 5.09. The Morgan fingerprint density at radius 2 is 1.59 bits per heavy atom. The van der Waals surface area contributed by atoms with Crippen LogP contribution < -0.4 is 14.8 Å². The summed E-state index contributed by atoms with van der Waals surface area (Å²) in [6, 6.07) is 15.5. The van der Waals surface area contributed by atoms with E-state index in [1.54, 1.807) is 7.11 Å². The largest absolute Gasteiger partial charge is 0.497 e. The number of rotatable bonds is 10. The summed E-state index contributed by atoms with van der Waals surface area (Å²) in [5.74, 6) is 0.628. The molecule has 2 aliphatic rings. The highest BCUT2D eigenvalue weighted by Gasteiger charge is 2.41. The van der Waals surface area contributed by atoms with Crippen molar-refractivity contribution in [3.63, 3.8) is 0 Å². The van der Waals surface area contributed by atoms with E-state index in [0.717, 1.165) is 28.3 Å². The first-order valence-electron chi connectivity index (χ1n) is 12.8. The van der Waals surface area contributed by atoms with Gasteiger partial charge in [-0.1, -0.05) is 24.3 Å². The molecule has 0 aromatic heterocycles. The Kier molecular flexibility index (Phi) is 8.66. The van der Waals surface area contributed by atoms with Crippen molar-refractivity contribution in [1.29, 1.82) is 0 Å². The standard InChI is InChI=1S/C30H35NO6/c1-5-35-15-16-37-30(33)27-19(3)31-25-17-22(20-7-11-23(34-4)12-8-20)18-26(32)29(25)28(27)21-9-13-24(14-10-21)36-6-2/h7-14,22,28,31H,5-6,15-18H2,1-4H3. The average Bonchev–Trinajstić information content (AvgIpc) is 2.91. The molecule has 4 rings (SSSR count). The molecule has 1 heterocycles. The fourth-order valence-corrected chi connectivity index (χ4v) is 5.09. The van der Waals surface area contributed by atoms with Crippen molar-refractivity contribution in [1.82, 2.24) is 5.32 Å². The lowest BCUT2D eigenvalue weighted by Crippen LogP contribution is -2.36. The zero-order valence-electron chi connectivity index (χ0n) is 22.0. The van der Waals surface area contributed by atoms with Gasteiger partial charge in [-0.15, -0.1) is 0 Å². The molecule has 0 radical (unpaired) electrons. The minimum atomic E-state index is -0.518. The van der Waals surface area contributed by atoms with Crippen LogP contribution in [-0.4, -0.2) is 45.3 Å². The Balaban J connectivity index is 1.69. The van der Waals surface area contributed by atoms with Crippen LogP contribution in [0.1, 0.15) is 56.6 Å². The molecule has 37 heavy (non-hydrogen) atoms. The number of ketones is 1. The lowest BCUT2D eigenvalue weighted by atomic mass is 9.71. The van der Waals surface area contributed by atoms with Crippen LogP contribution in [0.2, 0.25) is 0 Å². The smallest absolute Gasteiger partial charge is 0.336 e. The van der Waals surface area contributed by atoms with Crippen LogP contribution >= 0.6 is 0 Å². The zero-order chi connectivity index (χ0) is 26.4. The van der Waals surface area contributed by atoms with Gasteiger partial charge in [-0.25, -0.2) is 4.79 Å². The molecule has 7 heteroatoms. The summed E-state index contributed by atoms with van der Waals surface area (Å²) in [4.78, 5) is 27.0. The predicted octanol–water partition coefficient (Wildman–Crippen LogP) is 5.04. The molecule has 2 aromatic rings. The highest BCUT2D eigenvalue weighted by atomic mass is 16.6. The molecule has 1 aliphatic carbocycles. The topological polar surface area (TPSA) is 83.1 Å². The number of hydrogen-bond donors (Lipinski definition) is 1. The average molecular weight is 506 g/mol. The number of esters is 1. The van der Waals surface area contributed by atoms with E-state index in [9.17, 15) is 9.59 Å². The second-order valence-electron chi connectivity index (χ2n) is 9.13. The Labute approximate surface area is 218 Å². The fraction of sp³-hybridized carbons (Fsp3) is 0.400. The van der Waals surface area contributed by atoms with Crippen molar-refractivity contribution in [2.45, 2.75) is 45.4 Å². The highest BCUT2D eigenvalue weighted by Crippen LogP contribution is 2.46. The maximum absolute atomic E-state index is 13.7. The summed E-state index contributed by atoms with van der Waals surface area (Å²) in [6.45, 7) is 7.28. The number of carbonyl (C=O) groups is 2. The molecule has 1 aliphatic heterocycles. The lowest BCUT2D eigenvalue weighted by Gasteiger charge is -2.36. The van der Waals surface area contributed by atoms with Gasteiger partial charge in [0.2, 0.25) is 0 Å². The molecule has 0 fully saturated rings. The molecule has 0 bridgehead atoms. The molecule has 0 amide bonds. The van der Waals surface area contributed by atoms with Crippen molar-refractivity contribution in [3.05, 3.63) is 82.2 Å². The molecule has 7 nitrogen and oxygen atoms in total. The van der Waals surface area contributed by atoms with E-state index in [1.165, 1.54) is 0 Å². The van der Waals surface area contributed by atoms with Crippen molar-refractivity contribution in [2.75, 3.05) is 33.5 Å². The summed E-state index contributed by atoms with van der Waals surface area (Å²) < 4.78 is 21.8. The summed E-state index contributed by atoms with van der Waals surface area (Å²) in [7, 11) is 1.64. The van der Waals surface area contributed by atoms with Crippen LogP contribution in [0.15, 0.2) is 71.1 Å². The molecular formula is C30H35NO6. The second kappa shape index (κ2) is 12.1. The van der Waals surface area contributed by atoms with Gasteiger partial charge >= 0.3 is 5.97 Å². The molecule has 2 unspecified atom stereocenters. The van der Waals surface area contributed by atoms with Gasteiger partial charge in [-0.05, 0) is 68.5 Å². The Hall–Kier alpha value is -3.58. The minimum absolute atomic E-state index is 0.0283. The third-order valence-corrected chi connectivity index (χ3v) is 6.82. The van der Waals surface area contributed by atoms with Gasteiger partial charge in [-0.3, -0.25) is 4.79 Å². The summed E-state index contributed by atoms with van der Waals surface area (Å²) in [5.41, 5.74) is 4.58. The third-order valence-electron chi connectivity index (χ3n) is 6.82. The zero-order valence-corrected chi connectivity index (χ0v) is 22.0. The Morgan fingerprint density at radius 1 is 0.919 bits per heavy atom. The minimum Gasteiger partial charge on any atom is -0.497 e. The van der Waals surface area contributed by atoms with Gasteiger partial charge in [0.25, 0.3) is 0 Å². The van der Waals surface area contributed by atoms with E-state index in [-0.39, 0.29) is 18.3 Å². The number of hydrogen-bond acceptors (Lipinski definition) is 7. The van der Waals surface area contributed by atoms with Crippen LogP contribution in [0, 0.1) is 0 Å². The van der Waals surface area contributed by atoms with Crippen LogP contribution in [0.5, 0.6) is 11.5 Å². The molecule has 0 saturated heterocycles. The molecular weight excluding hydrogens is 470 g/mol. The van der Waals surface area contributed by atoms with Gasteiger partial charge in [0.05, 0.1) is 25.9 Å². The number of dihydropyridines is 1. The molecule has 196 valence electrons. The normalized spacial score (nSPS) is 19.3. The van der Waals surface area contributed by atoms with E-state index < -0.39 is 11.9 Å². The van der Waals surface area contributed by atoms with E-state index in [2.05, 4.69) is 5.32 Å². The first-order valence-corrected chi connectivity index (χ1v) is 12.8. The van der Waals surface area contributed by atoms with Crippen LogP contribution in [0.3, 0.4) is 0 Å². The first kappa shape index (κ1) is 26.5. The van der Waals surface area contributed by atoms with Gasteiger partial charge in [-0.2, -0.15) is 0 Å². The second-order valence-corrected chi connectivity index (χ2v) is 9.13. The summed E-state index contributed by atoms with van der Waals surface area (Å²) >= 11 is 0. The number of allylic oxidation sites excluding steroid dienone is 3. The third kappa shape index (κ3) is 5.88. The molecule has 0 spiro atoms. The van der Waals surface area contributed by atoms with Gasteiger partial charge < -0.3 is 24.3 Å². The summed E-state index contributed by atoms with van der Waals surface area (Å²) in [5, 5.41) is 3.39. The molecule has 0 saturated carbocycles. The highest BCUT2D eigenvalue weighted by molar-refractivity contribution is 6.04. The van der Waals surface area contributed by atoms with Gasteiger partial charge in [0.1, 0.15) is 18.1 Å². The number of Topliss-reactive ketones (excluding diaryl/α,β-unsaturated/α-hetero) is 1. The van der Waals surface area contributed by atoms with E-state index in [1.807, 2.05) is 69.3 Å². The molecule has 2 atom stereocenters. The maximum Gasteiger partial charge on any atom is 0.336 e. The lowest BCUT2D eigenvalue weighted by molar-refractivity contribution is -0.140. The Bertz CT molecular complexity index is 1180. The van der Waals surface area contributed by atoms with E-state index in [0.29, 0.717) is 49.5 Å². The SMILES string of the molecule is CCOCCOC(=O)C1=C(C)NC2=C(C(=O)CC(c3ccc(OC)cc3)C2)C1c1ccc(OCC)cc1. The van der Waals surface area contributed by atoms with Gasteiger partial charge in [0, 0.05) is 35.9 Å². The quantitative estimate of drug-likeness (QED) is 0.358. The van der Waals surface area contributed by atoms with Crippen molar-refractivity contribution in [2.24, 2.45) is 0 Å². The van der Waals surface area contributed by atoms with Crippen molar-refractivity contribution in [3.8, 4) is 11.5 Å². The van der Waals surface area contributed by atoms with Crippen LogP contribution in [0.25, 0.3) is 0 Å². The molecule has 2 aromatic carbocycles. The predicted molar refractivity (Wildman–Crippen MR) is 141 cm³/mol. The first-order chi connectivity index (χ1) is 18.0. The molecule has 1 N–H and O–H groups in total. The van der Waals surface area contributed by atoms with Gasteiger partial charge in [0.15, 0.2) is 5.78 Å². The van der Waals surface area contributed by atoms with Crippen molar-refractivity contribution >= 4 is 11.8 Å². The number of methoxy groups -OCH3 is 1. The van der Waals surface area contributed by atoms with E-state index >= 15 is 0 Å². The van der Waals surface area contributed by atoms with Crippen LogP contribution in [0.4, 0.5) is 0 Å². The number of carbonyl (C=O) groups excluding carboxylic acids is 2. The van der Waals surface area contributed by atoms with E-state index in [4.69, 9.17) is 18.9 Å². The van der Waals surface area contributed by atoms with Crippen molar-refractivity contribution < 1.29 is 28.5 Å². The number of benzene rings is 2. The monoisotopic (exact) mass is 505 g/mol. The Morgan fingerprint density at radius 3 is 2.24 bits per heavy atom. The maximum atomic E-state index is 13.7.